The van der Waals surface area contributed by atoms with E-state index in [2.05, 4.69) is 0 Å². The molecule has 0 saturated carbocycles. The zero-order chi connectivity index (χ0) is 4.28. The molecule has 0 fully saturated rings. The number of nitro groups is 1. The van der Waals surface area contributed by atoms with Gasteiger partial charge >= 0.3 is 6.41 Å². The van der Waals surface area contributed by atoms with E-state index < -0.39 is 4.92 Å². The normalized spacial score (nSPS) is 6.40. The number of amides is 1. The minimum Gasteiger partial charge on any atom is -0.256 e. The summed E-state index contributed by atoms with van der Waals surface area (Å²) >= 11 is 0. The lowest BCUT2D eigenvalue weighted by molar-refractivity contribution is -0.383. The highest BCUT2D eigenvalue weighted by molar-refractivity contribution is 5.33. The summed E-state index contributed by atoms with van der Waals surface area (Å²) in [7, 11) is 0. The molecule has 0 aromatic heterocycles. The molecule has 0 radical (unpaired) electrons. The Morgan fingerprint density at radius 2 is 2.00 bits per heavy atom. The average molecular weight is 75.0 g/mol. The van der Waals surface area contributed by atoms with Crippen molar-refractivity contribution in [2.75, 3.05) is 0 Å². The quantitative estimate of drug-likeness (QED) is 0.238. The van der Waals surface area contributed by atoms with E-state index in [1.807, 2.05) is 0 Å². The van der Waals surface area contributed by atoms with Crippen molar-refractivity contribution in [3.8, 4) is 0 Å². The number of hydrogen-bond acceptors (Lipinski definition) is 3. The number of hydrogen-bond donors (Lipinski definition) is 0. The van der Waals surface area contributed by atoms with Crippen LogP contribution in [0.15, 0.2) is 0 Å². The number of carbonyl (C=O) groups excluding carboxylic acids is 1. The Balaban J connectivity index is 3.20. The van der Waals surface area contributed by atoms with Crippen LogP contribution in [0.25, 0.3) is 0 Å². The minimum absolute atomic E-state index is 0.361. The third kappa shape index (κ3) is 3.07. The first-order valence-corrected chi connectivity index (χ1v) is 0.859. The Morgan fingerprint density at radius 3 is 2.00 bits per heavy atom. The fraction of sp³-hybridized carbons (Fsp3) is 0. The van der Waals surface area contributed by atoms with Gasteiger partial charge in [0.1, 0.15) is 0 Å². The number of nitrogens with zero attached hydrogens (tertiary/aromatic N) is 1. The molecular formula is CHNO3. The molecule has 0 saturated heterocycles. The third-order valence-electron chi connectivity index (χ3n) is 0.0861. The van der Waals surface area contributed by atoms with E-state index in [0.29, 0.717) is 0 Å². The Bertz CT molecular complexity index is 57.9. The van der Waals surface area contributed by atoms with Gasteiger partial charge in [-0.3, -0.25) is 10.1 Å². The number of carbonyl (C=O) groups is 1. The second kappa shape index (κ2) is 1.40. The maximum Gasteiger partial charge on any atom is 0.433 e. The predicted octanol–water partition coefficient (Wildman–Crippen LogP) is -0.581. The summed E-state index contributed by atoms with van der Waals surface area (Å²) in [4.78, 5) is 16.6. The molecule has 0 N–H and O–H groups in total. The van der Waals surface area contributed by atoms with Crippen molar-refractivity contribution in [2.45, 2.75) is 0 Å². The fourth-order valence-corrected chi connectivity index (χ4v) is 0. The van der Waals surface area contributed by atoms with Crippen molar-refractivity contribution in [2.24, 2.45) is 0 Å². The van der Waals surface area contributed by atoms with Crippen LogP contribution in [0, 0.1) is 10.1 Å². The Labute approximate surface area is 27.6 Å². The van der Waals surface area contributed by atoms with Gasteiger partial charge in [-0.25, -0.2) is 4.79 Å². The van der Waals surface area contributed by atoms with E-state index in [9.17, 15) is 0 Å². The standard InChI is InChI=1S/CHNO3/c3-1-2(4)5/h1H. The SMILES string of the molecule is O=C[N+](=O)[O-]. The van der Waals surface area contributed by atoms with Gasteiger partial charge in [0.25, 0.3) is 0 Å². The molecule has 0 rings (SSSR count). The topological polar surface area (TPSA) is 60.2 Å². The summed E-state index contributed by atoms with van der Waals surface area (Å²) in [6.07, 6.45) is -0.361. The van der Waals surface area contributed by atoms with Crippen LogP contribution in [-0.4, -0.2) is 11.3 Å². The molecule has 0 aromatic rings. The van der Waals surface area contributed by atoms with E-state index in [1.165, 1.54) is 0 Å². The van der Waals surface area contributed by atoms with Crippen LogP contribution in [0.1, 0.15) is 0 Å². The molecule has 0 bridgehead atoms. The van der Waals surface area contributed by atoms with Crippen molar-refractivity contribution in [3.05, 3.63) is 10.1 Å². The van der Waals surface area contributed by atoms with Gasteiger partial charge < -0.3 is 0 Å². The van der Waals surface area contributed by atoms with Crippen LogP contribution in [0.5, 0.6) is 0 Å². The summed E-state index contributed by atoms with van der Waals surface area (Å²) < 4.78 is 0. The van der Waals surface area contributed by atoms with Crippen molar-refractivity contribution in [1.82, 2.24) is 0 Å². The van der Waals surface area contributed by atoms with Crippen LogP contribution >= 0.6 is 0 Å². The molecule has 5 heavy (non-hydrogen) atoms. The van der Waals surface area contributed by atoms with Crippen molar-refractivity contribution >= 4 is 6.41 Å². The van der Waals surface area contributed by atoms with Gasteiger partial charge in [-0.2, -0.15) is 0 Å². The fourth-order valence-electron chi connectivity index (χ4n) is 0. The molecule has 0 heterocycles. The molecule has 1 amide bonds. The summed E-state index contributed by atoms with van der Waals surface area (Å²) in [5, 5.41) is 8.81. The molecule has 0 aliphatic carbocycles. The molecule has 0 spiro atoms. The van der Waals surface area contributed by atoms with Gasteiger partial charge in [-0.15, -0.1) is 0 Å². The maximum absolute atomic E-state index is 8.81. The lowest BCUT2D eigenvalue weighted by atomic mass is 11.5. The summed E-state index contributed by atoms with van der Waals surface area (Å²) in [6, 6.07) is 0. The second-order valence-electron chi connectivity index (χ2n) is 0.391. The molecule has 0 aliphatic heterocycles. The van der Waals surface area contributed by atoms with Crippen LogP contribution in [-0.2, 0) is 4.79 Å². The van der Waals surface area contributed by atoms with Crippen LogP contribution < -0.4 is 0 Å². The molecule has 0 aliphatic rings. The molecular weight excluding hydrogens is 74.0 g/mol. The zero-order valence-electron chi connectivity index (χ0n) is 2.25. The Morgan fingerprint density at radius 1 is 1.80 bits per heavy atom. The highest BCUT2D eigenvalue weighted by Crippen LogP contribution is 1.44. The van der Waals surface area contributed by atoms with Gasteiger partial charge in [-0.1, -0.05) is 0 Å². The third-order valence-corrected chi connectivity index (χ3v) is 0.0861. The zero-order valence-corrected chi connectivity index (χ0v) is 2.25. The number of rotatable bonds is 1. The smallest absolute Gasteiger partial charge is 0.256 e. The molecule has 28 valence electrons. The van der Waals surface area contributed by atoms with E-state index in [-0.39, 0.29) is 6.41 Å². The second-order valence-corrected chi connectivity index (χ2v) is 0.391. The van der Waals surface area contributed by atoms with Crippen LogP contribution in [0.4, 0.5) is 0 Å². The lowest BCUT2D eigenvalue weighted by Crippen LogP contribution is -1.88. The first kappa shape index (κ1) is 4.07. The maximum atomic E-state index is 8.81. The van der Waals surface area contributed by atoms with Crippen molar-refractivity contribution < 1.29 is 9.72 Å². The molecule has 4 heteroatoms. The lowest BCUT2D eigenvalue weighted by Gasteiger charge is -1.61. The Hall–Kier alpha value is -0.930. The minimum atomic E-state index is -1.06. The van der Waals surface area contributed by atoms with E-state index in [0.717, 1.165) is 0 Å². The van der Waals surface area contributed by atoms with Crippen molar-refractivity contribution in [3.63, 3.8) is 0 Å². The van der Waals surface area contributed by atoms with Gasteiger partial charge in [0.2, 0.25) is 0 Å². The largest absolute Gasteiger partial charge is 0.433 e. The van der Waals surface area contributed by atoms with Gasteiger partial charge in [0.05, 0.1) is 4.92 Å². The van der Waals surface area contributed by atoms with E-state index in [1.54, 1.807) is 0 Å². The Kier molecular flexibility index (Phi) is 1.14. The molecule has 0 unspecified atom stereocenters. The highest BCUT2D eigenvalue weighted by atomic mass is 16.6. The van der Waals surface area contributed by atoms with Gasteiger partial charge in [0.15, 0.2) is 0 Å². The first-order valence-electron chi connectivity index (χ1n) is 0.859. The summed E-state index contributed by atoms with van der Waals surface area (Å²) in [6.45, 7) is 0. The molecule has 4 nitrogen and oxygen atoms in total. The molecule has 0 aromatic carbocycles. The highest BCUT2D eigenvalue weighted by Gasteiger charge is 1.77. The van der Waals surface area contributed by atoms with Gasteiger partial charge in [-0.05, 0) is 0 Å². The van der Waals surface area contributed by atoms with Gasteiger partial charge in [0, 0.05) is 0 Å². The summed E-state index contributed by atoms with van der Waals surface area (Å²) in [5.41, 5.74) is 0. The predicted molar refractivity (Wildman–Crippen MR) is 13.1 cm³/mol. The average Bonchev–Trinajstić information content (AvgIpc) is 1.38. The summed E-state index contributed by atoms with van der Waals surface area (Å²) in [5.74, 6) is 0. The molecule has 0 atom stereocenters. The first-order chi connectivity index (χ1) is 2.27. The van der Waals surface area contributed by atoms with Crippen LogP contribution in [0.3, 0.4) is 0 Å². The van der Waals surface area contributed by atoms with E-state index in [4.69, 9.17) is 14.9 Å². The van der Waals surface area contributed by atoms with Crippen LogP contribution in [0.2, 0.25) is 0 Å². The monoisotopic (exact) mass is 75.0 g/mol. The van der Waals surface area contributed by atoms with Crippen molar-refractivity contribution in [1.29, 1.82) is 0 Å². The van der Waals surface area contributed by atoms with E-state index >= 15 is 0 Å².